The summed E-state index contributed by atoms with van der Waals surface area (Å²) >= 11 is 12.1. The van der Waals surface area contributed by atoms with Gasteiger partial charge in [0.05, 0.1) is 23.3 Å². The van der Waals surface area contributed by atoms with Crippen molar-refractivity contribution in [2.24, 2.45) is 4.99 Å². The Kier molecular flexibility index (Phi) is 3.51. The number of nitrogens with zero attached hydrogens (tertiary/aromatic N) is 2. The molecule has 2 heterocycles. The number of nitrogens with one attached hydrogen (secondary N) is 2. The topological polar surface area (TPSA) is 75.5 Å². The van der Waals surface area contributed by atoms with E-state index in [1.165, 1.54) is 0 Å². The standard InChI is InChI=1S/C12H12Cl2N4O2S/c1-21(19,20)18-9-6-7(17-12-15-4-5-16-12)2-3-8(9)10(13)11(18)14/h2-3,6H,4-5H2,1H3,(H2,15,16,17). The fourth-order valence-electron chi connectivity index (χ4n) is 2.21. The summed E-state index contributed by atoms with van der Waals surface area (Å²) in [5.41, 5.74) is 1.13. The Bertz CT molecular complexity index is 858. The third kappa shape index (κ3) is 2.56. The van der Waals surface area contributed by atoms with E-state index < -0.39 is 10.0 Å². The van der Waals surface area contributed by atoms with Crippen LogP contribution in [0.5, 0.6) is 0 Å². The summed E-state index contributed by atoms with van der Waals surface area (Å²) in [5, 5.41) is 6.95. The number of benzene rings is 1. The molecule has 0 fully saturated rings. The molecule has 0 atom stereocenters. The molecule has 1 aromatic carbocycles. The van der Waals surface area contributed by atoms with Crippen LogP contribution in [0, 0.1) is 0 Å². The van der Waals surface area contributed by atoms with E-state index in [-0.39, 0.29) is 10.2 Å². The van der Waals surface area contributed by atoms with Crippen molar-refractivity contribution in [3.63, 3.8) is 0 Å². The van der Waals surface area contributed by atoms with Crippen LogP contribution in [0.3, 0.4) is 0 Å². The van der Waals surface area contributed by atoms with E-state index in [2.05, 4.69) is 15.6 Å². The number of anilines is 1. The Morgan fingerprint density at radius 2 is 2.14 bits per heavy atom. The quantitative estimate of drug-likeness (QED) is 0.873. The van der Waals surface area contributed by atoms with Gasteiger partial charge in [0, 0.05) is 17.6 Å². The van der Waals surface area contributed by atoms with Crippen molar-refractivity contribution in [1.82, 2.24) is 9.29 Å². The molecule has 9 heteroatoms. The molecule has 0 unspecified atom stereocenters. The van der Waals surface area contributed by atoms with Crippen molar-refractivity contribution in [3.8, 4) is 0 Å². The number of hydrogen-bond donors (Lipinski definition) is 2. The summed E-state index contributed by atoms with van der Waals surface area (Å²) in [6.07, 6.45) is 1.08. The molecule has 1 aliphatic heterocycles. The molecule has 2 N–H and O–H groups in total. The fraction of sp³-hybridized carbons (Fsp3) is 0.250. The third-order valence-electron chi connectivity index (χ3n) is 3.08. The van der Waals surface area contributed by atoms with Gasteiger partial charge in [-0.2, -0.15) is 0 Å². The Hall–Kier alpha value is -1.44. The van der Waals surface area contributed by atoms with Crippen LogP contribution in [0.25, 0.3) is 10.9 Å². The summed E-state index contributed by atoms with van der Waals surface area (Å²) in [4.78, 5) is 4.22. The molecule has 2 aromatic rings. The first-order chi connectivity index (χ1) is 9.88. The molecule has 1 aliphatic rings. The largest absolute Gasteiger partial charge is 0.354 e. The second-order valence-electron chi connectivity index (χ2n) is 4.65. The van der Waals surface area contributed by atoms with Crippen LogP contribution in [-0.4, -0.2) is 37.7 Å². The maximum Gasteiger partial charge on any atom is 0.237 e. The Morgan fingerprint density at radius 3 is 2.76 bits per heavy atom. The summed E-state index contributed by atoms with van der Waals surface area (Å²) in [6.45, 7) is 1.49. The molecule has 0 bridgehead atoms. The molecular weight excluding hydrogens is 335 g/mol. The van der Waals surface area contributed by atoms with Crippen molar-refractivity contribution in [2.75, 3.05) is 24.7 Å². The van der Waals surface area contributed by atoms with E-state index in [0.717, 1.165) is 16.8 Å². The van der Waals surface area contributed by atoms with Gasteiger partial charge in [0.15, 0.2) is 5.96 Å². The first kappa shape index (κ1) is 14.5. The molecule has 1 aromatic heterocycles. The molecule has 0 amide bonds. The number of rotatable bonds is 2. The van der Waals surface area contributed by atoms with Crippen molar-refractivity contribution < 1.29 is 8.42 Å². The lowest BCUT2D eigenvalue weighted by Gasteiger charge is -2.08. The van der Waals surface area contributed by atoms with Gasteiger partial charge in [0.25, 0.3) is 0 Å². The summed E-state index contributed by atoms with van der Waals surface area (Å²) < 4.78 is 24.8. The molecule has 0 aliphatic carbocycles. The van der Waals surface area contributed by atoms with Gasteiger partial charge in [0.1, 0.15) is 5.15 Å². The van der Waals surface area contributed by atoms with E-state index in [9.17, 15) is 8.42 Å². The van der Waals surface area contributed by atoms with Gasteiger partial charge in [-0.1, -0.05) is 23.2 Å². The van der Waals surface area contributed by atoms with E-state index >= 15 is 0 Å². The molecule has 6 nitrogen and oxygen atoms in total. The predicted molar refractivity (Wildman–Crippen MR) is 86.1 cm³/mol. The minimum atomic E-state index is -3.56. The van der Waals surface area contributed by atoms with Crippen molar-refractivity contribution in [1.29, 1.82) is 0 Å². The molecular formula is C12H12Cl2N4O2S. The fourth-order valence-corrected chi connectivity index (χ4v) is 3.97. The van der Waals surface area contributed by atoms with Gasteiger partial charge in [-0.3, -0.25) is 4.99 Å². The van der Waals surface area contributed by atoms with Crippen LogP contribution in [0.15, 0.2) is 23.2 Å². The van der Waals surface area contributed by atoms with Crippen molar-refractivity contribution in [3.05, 3.63) is 28.4 Å². The predicted octanol–water partition coefficient (Wildman–Crippen LogP) is 2.13. The summed E-state index contributed by atoms with van der Waals surface area (Å²) in [7, 11) is -3.56. The maximum atomic E-state index is 11.9. The zero-order valence-corrected chi connectivity index (χ0v) is 13.3. The van der Waals surface area contributed by atoms with Crippen LogP contribution in [0.1, 0.15) is 0 Å². The van der Waals surface area contributed by atoms with Gasteiger partial charge < -0.3 is 10.6 Å². The monoisotopic (exact) mass is 346 g/mol. The van der Waals surface area contributed by atoms with Gasteiger partial charge >= 0.3 is 0 Å². The Balaban J connectivity index is 2.16. The van der Waals surface area contributed by atoms with Crippen LogP contribution in [0.4, 0.5) is 5.69 Å². The molecule has 3 rings (SSSR count). The highest BCUT2D eigenvalue weighted by molar-refractivity contribution is 7.89. The average Bonchev–Trinajstić information content (AvgIpc) is 2.97. The smallest absolute Gasteiger partial charge is 0.237 e. The number of hydrogen-bond acceptors (Lipinski definition) is 5. The van der Waals surface area contributed by atoms with E-state index in [4.69, 9.17) is 23.2 Å². The lowest BCUT2D eigenvalue weighted by Crippen LogP contribution is -2.26. The number of aromatic nitrogens is 1. The number of halogens is 2. The maximum absolute atomic E-state index is 11.9. The van der Waals surface area contributed by atoms with E-state index in [0.29, 0.717) is 29.1 Å². The number of aliphatic imine (C=N–C) groups is 1. The average molecular weight is 347 g/mol. The number of fused-ring (bicyclic) bond motifs is 1. The van der Waals surface area contributed by atoms with E-state index in [1.54, 1.807) is 18.2 Å². The van der Waals surface area contributed by atoms with Gasteiger partial charge in [0.2, 0.25) is 10.0 Å². The van der Waals surface area contributed by atoms with Crippen LogP contribution < -0.4 is 10.6 Å². The Labute approximate surface area is 131 Å². The van der Waals surface area contributed by atoms with Crippen molar-refractivity contribution in [2.45, 2.75) is 0 Å². The second-order valence-corrected chi connectivity index (χ2v) is 7.21. The highest BCUT2D eigenvalue weighted by Gasteiger charge is 2.20. The SMILES string of the molecule is CS(=O)(=O)n1c(Cl)c(Cl)c2ccc(NC3=NCCN3)cc21. The van der Waals surface area contributed by atoms with Crippen LogP contribution in [0.2, 0.25) is 10.2 Å². The van der Waals surface area contributed by atoms with Crippen LogP contribution >= 0.6 is 23.2 Å². The van der Waals surface area contributed by atoms with Gasteiger partial charge in [-0.05, 0) is 18.2 Å². The first-order valence-electron chi connectivity index (χ1n) is 6.13. The van der Waals surface area contributed by atoms with Gasteiger partial charge in [-0.25, -0.2) is 12.4 Å². The lowest BCUT2D eigenvalue weighted by atomic mass is 10.2. The molecule has 21 heavy (non-hydrogen) atoms. The molecule has 0 saturated carbocycles. The normalized spacial score (nSPS) is 15.1. The number of guanidine groups is 1. The molecule has 0 spiro atoms. The lowest BCUT2D eigenvalue weighted by molar-refractivity contribution is 0.595. The summed E-state index contributed by atoms with van der Waals surface area (Å²) in [5.74, 6) is 0.656. The van der Waals surface area contributed by atoms with Crippen LogP contribution in [-0.2, 0) is 10.0 Å². The van der Waals surface area contributed by atoms with E-state index in [1.807, 2.05) is 0 Å². The minimum Gasteiger partial charge on any atom is -0.354 e. The zero-order valence-electron chi connectivity index (χ0n) is 11.0. The summed E-state index contributed by atoms with van der Waals surface area (Å²) in [6, 6.07) is 5.19. The second kappa shape index (κ2) is 5.08. The minimum absolute atomic E-state index is 0.0114. The first-order valence-corrected chi connectivity index (χ1v) is 8.73. The highest BCUT2D eigenvalue weighted by atomic mass is 35.5. The highest BCUT2D eigenvalue weighted by Crippen LogP contribution is 2.36. The molecule has 0 radical (unpaired) electrons. The molecule has 112 valence electrons. The Morgan fingerprint density at radius 1 is 1.38 bits per heavy atom. The molecule has 0 saturated heterocycles. The third-order valence-corrected chi connectivity index (χ3v) is 5.06. The van der Waals surface area contributed by atoms with Crippen molar-refractivity contribution >= 4 is 55.8 Å². The zero-order chi connectivity index (χ0) is 15.2. The van der Waals surface area contributed by atoms with Gasteiger partial charge in [-0.15, -0.1) is 0 Å².